The molecular formula is C20H30IN7. The number of aliphatic imine (C=N–C) groups is 1. The highest BCUT2D eigenvalue weighted by Gasteiger charge is 2.19. The lowest BCUT2D eigenvalue weighted by atomic mass is 10.2. The van der Waals surface area contributed by atoms with Gasteiger partial charge in [0.15, 0.2) is 11.8 Å². The van der Waals surface area contributed by atoms with E-state index in [1.165, 1.54) is 5.56 Å². The first-order valence-corrected chi connectivity index (χ1v) is 9.56. The van der Waals surface area contributed by atoms with Crippen LogP contribution < -0.4 is 5.32 Å². The van der Waals surface area contributed by atoms with Gasteiger partial charge in [-0.05, 0) is 12.5 Å². The van der Waals surface area contributed by atoms with Crippen LogP contribution in [0.25, 0.3) is 6.08 Å². The van der Waals surface area contributed by atoms with E-state index < -0.39 is 0 Å². The molecule has 1 saturated heterocycles. The van der Waals surface area contributed by atoms with Crippen molar-refractivity contribution >= 4 is 36.0 Å². The highest BCUT2D eigenvalue weighted by Crippen LogP contribution is 2.05. The Bertz CT molecular complexity index is 749. The van der Waals surface area contributed by atoms with E-state index in [4.69, 9.17) is 0 Å². The minimum atomic E-state index is 0. The molecule has 28 heavy (non-hydrogen) atoms. The van der Waals surface area contributed by atoms with Crippen LogP contribution in [0.3, 0.4) is 0 Å². The van der Waals surface area contributed by atoms with Crippen molar-refractivity contribution < 1.29 is 0 Å². The second-order valence-electron chi connectivity index (χ2n) is 6.53. The van der Waals surface area contributed by atoms with Gasteiger partial charge in [0.1, 0.15) is 6.33 Å². The Morgan fingerprint density at radius 3 is 2.61 bits per heavy atom. The highest BCUT2D eigenvalue weighted by molar-refractivity contribution is 14.0. The predicted octanol–water partition coefficient (Wildman–Crippen LogP) is 2.32. The van der Waals surface area contributed by atoms with Gasteiger partial charge < -0.3 is 14.8 Å². The molecule has 1 fully saturated rings. The Morgan fingerprint density at radius 1 is 1.18 bits per heavy atom. The van der Waals surface area contributed by atoms with Crippen LogP contribution in [0.4, 0.5) is 0 Å². The summed E-state index contributed by atoms with van der Waals surface area (Å²) in [6, 6.07) is 10.4. The third-order valence-corrected chi connectivity index (χ3v) is 4.80. The zero-order valence-electron chi connectivity index (χ0n) is 16.7. The third-order valence-electron chi connectivity index (χ3n) is 4.80. The number of nitrogens with zero attached hydrogens (tertiary/aromatic N) is 6. The SMILES string of the molecule is CCn1cnnc1CNC(=NC)N1CCN(CC=Cc2ccccc2)CC1.I. The molecule has 8 heteroatoms. The van der Waals surface area contributed by atoms with Gasteiger partial charge in [0.2, 0.25) is 0 Å². The van der Waals surface area contributed by atoms with E-state index in [1.807, 2.05) is 17.7 Å². The Labute approximate surface area is 184 Å². The number of hydrogen-bond acceptors (Lipinski definition) is 4. The van der Waals surface area contributed by atoms with Crippen LogP contribution in [0.2, 0.25) is 0 Å². The summed E-state index contributed by atoms with van der Waals surface area (Å²) in [4.78, 5) is 9.21. The fraction of sp³-hybridized carbons (Fsp3) is 0.450. The number of aryl methyl sites for hydroxylation is 1. The molecule has 1 N–H and O–H groups in total. The smallest absolute Gasteiger partial charge is 0.194 e. The van der Waals surface area contributed by atoms with Gasteiger partial charge in [0, 0.05) is 46.3 Å². The Kier molecular flexibility index (Phi) is 9.42. The van der Waals surface area contributed by atoms with Gasteiger partial charge in [-0.2, -0.15) is 0 Å². The topological polar surface area (TPSA) is 61.6 Å². The van der Waals surface area contributed by atoms with Crippen molar-refractivity contribution in [1.29, 1.82) is 0 Å². The lowest BCUT2D eigenvalue weighted by Gasteiger charge is -2.36. The van der Waals surface area contributed by atoms with Crippen molar-refractivity contribution in [1.82, 2.24) is 29.9 Å². The summed E-state index contributed by atoms with van der Waals surface area (Å²) in [5.41, 5.74) is 1.25. The minimum absolute atomic E-state index is 0. The summed E-state index contributed by atoms with van der Waals surface area (Å²) in [5, 5.41) is 11.6. The number of guanidine groups is 1. The summed E-state index contributed by atoms with van der Waals surface area (Å²) in [7, 11) is 1.84. The number of aromatic nitrogens is 3. The van der Waals surface area contributed by atoms with Gasteiger partial charge in [-0.25, -0.2) is 0 Å². The van der Waals surface area contributed by atoms with E-state index in [0.29, 0.717) is 6.54 Å². The fourth-order valence-electron chi connectivity index (χ4n) is 3.21. The quantitative estimate of drug-likeness (QED) is 0.379. The van der Waals surface area contributed by atoms with Crippen LogP contribution in [0.1, 0.15) is 18.3 Å². The molecule has 2 heterocycles. The van der Waals surface area contributed by atoms with Crippen molar-refractivity contribution in [2.24, 2.45) is 4.99 Å². The number of halogens is 1. The molecule has 0 aliphatic carbocycles. The van der Waals surface area contributed by atoms with E-state index in [0.717, 1.165) is 51.1 Å². The molecule has 0 atom stereocenters. The van der Waals surface area contributed by atoms with Gasteiger partial charge in [0.05, 0.1) is 6.54 Å². The van der Waals surface area contributed by atoms with E-state index in [2.05, 4.69) is 73.6 Å². The minimum Gasteiger partial charge on any atom is -0.349 e. The molecule has 0 unspecified atom stereocenters. The fourth-order valence-corrected chi connectivity index (χ4v) is 3.21. The van der Waals surface area contributed by atoms with Crippen LogP contribution in [0.15, 0.2) is 47.7 Å². The van der Waals surface area contributed by atoms with Crippen LogP contribution in [0.5, 0.6) is 0 Å². The molecule has 0 amide bonds. The first-order valence-electron chi connectivity index (χ1n) is 9.56. The van der Waals surface area contributed by atoms with Crippen LogP contribution in [0, 0.1) is 0 Å². The lowest BCUT2D eigenvalue weighted by molar-refractivity contribution is 0.194. The molecule has 1 aliphatic rings. The molecule has 7 nitrogen and oxygen atoms in total. The average molecular weight is 495 g/mol. The highest BCUT2D eigenvalue weighted by atomic mass is 127. The molecular weight excluding hydrogens is 465 g/mol. The lowest BCUT2D eigenvalue weighted by Crippen LogP contribution is -2.52. The van der Waals surface area contributed by atoms with E-state index in [1.54, 1.807) is 6.33 Å². The Hall–Kier alpha value is -1.94. The van der Waals surface area contributed by atoms with Crippen molar-refractivity contribution in [3.8, 4) is 0 Å². The number of benzene rings is 1. The maximum absolute atomic E-state index is 4.44. The summed E-state index contributed by atoms with van der Waals surface area (Å²) >= 11 is 0. The molecule has 0 saturated carbocycles. The first-order chi connectivity index (χ1) is 13.3. The molecule has 1 aromatic carbocycles. The maximum Gasteiger partial charge on any atom is 0.194 e. The van der Waals surface area contributed by atoms with Crippen molar-refractivity contribution in [3.05, 3.63) is 54.1 Å². The predicted molar refractivity (Wildman–Crippen MR) is 125 cm³/mol. The van der Waals surface area contributed by atoms with Gasteiger partial charge in [-0.15, -0.1) is 34.2 Å². The second kappa shape index (κ2) is 11.8. The van der Waals surface area contributed by atoms with Crippen molar-refractivity contribution in [2.75, 3.05) is 39.8 Å². The molecule has 2 aromatic rings. The average Bonchev–Trinajstić information content (AvgIpc) is 3.18. The Balaban J connectivity index is 0.00000280. The van der Waals surface area contributed by atoms with Gasteiger partial charge in [-0.1, -0.05) is 42.5 Å². The summed E-state index contributed by atoms with van der Waals surface area (Å²) in [5.74, 6) is 1.86. The van der Waals surface area contributed by atoms with Gasteiger partial charge >= 0.3 is 0 Å². The standard InChI is InChI=1S/C20H29N7.HI/c1-3-26-17-23-24-19(26)16-22-20(21-2)27-14-12-25(13-15-27)11-7-10-18-8-5-4-6-9-18;/h4-10,17H,3,11-16H2,1-2H3,(H,21,22);1H. The monoisotopic (exact) mass is 495 g/mol. The number of nitrogens with one attached hydrogen (secondary N) is 1. The zero-order chi connectivity index (χ0) is 18.9. The van der Waals surface area contributed by atoms with Crippen LogP contribution in [-0.2, 0) is 13.1 Å². The summed E-state index contributed by atoms with van der Waals surface area (Å²) in [6.07, 6.45) is 6.20. The molecule has 1 aromatic heterocycles. The van der Waals surface area contributed by atoms with Crippen molar-refractivity contribution in [2.45, 2.75) is 20.0 Å². The molecule has 0 radical (unpaired) electrons. The van der Waals surface area contributed by atoms with Crippen LogP contribution in [-0.4, -0.2) is 70.3 Å². The molecule has 152 valence electrons. The van der Waals surface area contributed by atoms with Crippen molar-refractivity contribution in [3.63, 3.8) is 0 Å². The molecule has 0 bridgehead atoms. The van der Waals surface area contributed by atoms with Gasteiger partial charge in [0.25, 0.3) is 0 Å². The molecule has 0 spiro atoms. The van der Waals surface area contributed by atoms with Crippen LogP contribution >= 0.6 is 24.0 Å². The normalized spacial score (nSPS) is 15.6. The van der Waals surface area contributed by atoms with Gasteiger partial charge in [-0.3, -0.25) is 9.89 Å². The third kappa shape index (κ3) is 6.30. The first kappa shape index (κ1) is 22.4. The molecule has 3 rings (SSSR count). The van der Waals surface area contributed by atoms with E-state index in [-0.39, 0.29) is 24.0 Å². The number of rotatable bonds is 6. The largest absolute Gasteiger partial charge is 0.349 e. The van der Waals surface area contributed by atoms with E-state index >= 15 is 0 Å². The van der Waals surface area contributed by atoms with E-state index in [9.17, 15) is 0 Å². The summed E-state index contributed by atoms with van der Waals surface area (Å²) < 4.78 is 2.04. The second-order valence-corrected chi connectivity index (χ2v) is 6.53. The summed E-state index contributed by atoms with van der Waals surface area (Å²) in [6.45, 7) is 8.59. The number of hydrogen-bond donors (Lipinski definition) is 1. The Morgan fingerprint density at radius 2 is 1.93 bits per heavy atom. The number of piperazine rings is 1. The zero-order valence-corrected chi connectivity index (χ0v) is 19.0. The molecule has 1 aliphatic heterocycles. The maximum atomic E-state index is 4.44.